The second-order valence-electron chi connectivity index (χ2n) is 6.58. The molecule has 2 aromatic rings. The monoisotopic (exact) mass is 349 g/mol. The highest BCUT2D eigenvalue weighted by Gasteiger charge is 2.49. The van der Waals surface area contributed by atoms with E-state index in [1.165, 1.54) is 0 Å². The third-order valence-corrected chi connectivity index (χ3v) is 6.19. The van der Waals surface area contributed by atoms with Crippen LogP contribution in [0, 0.1) is 5.92 Å². The average molecular weight is 349 g/mol. The van der Waals surface area contributed by atoms with Gasteiger partial charge in [0.05, 0.1) is 0 Å². The van der Waals surface area contributed by atoms with Crippen molar-refractivity contribution in [3.8, 4) is 0 Å². The Labute approximate surface area is 139 Å². The van der Waals surface area contributed by atoms with Crippen molar-refractivity contribution >= 4 is 10.1 Å². The van der Waals surface area contributed by atoms with Crippen LogP contribution in [0.15, 0.2) is 48.5 Å². The van der Waals surface area contributed by atoms with Crippen LogP contribution >= 0.6 is 0 Å². The van der Waals surface area contributed by atoms with Gasteiger partial charge in [0.25, 0.3) is 0 Å². The van der Waals surface area contributed by atoms with Crippen molar-refractivity contribution in [3.63, 3.8) is 0 Å². The summed E-state index contributed by atoms with van der Waals surface area (Å²) in [5, 5.41) is -4.24. The number of alkyl halides is 2. The Morgan fingerprint density at radius 3 is 1.88 bits per heavy atom. The minimum absolute atomic E-state index is 0.0300. The van der Waals surface area contributed by atoms with Gasteiger partial charge in [-0.1, -0.05) is 48.5 Å². The molecule has 0 spiro atoms. The molecule has 3 nitrogen and oxygen atoms in total. The molecule has 6 heteroatoms. The van der Waals surface area contributed by atoms with Gasteiger partial charge in [0.1, 0.15) is 0 Å². The maximum atomic E-state index is 13.9. The summed E-state index contributed by atoms with van der Waals surface area (Å²) in [6.45, 7) is 0. The Morgan fingerprint density at radius 2 is 1.42 bits per heavy atom. The summed E-state index contributed by atoms with van der Waals surface area (Å²) in [6.07, 6.45) is -0.494. The number of hydrogen-bond acceptors (Lipinski definition) is 3. The third kappa shape index (κ3) is 2.20. The van der Waals surface area contributed by atoms with Crippen LogP contribution in [0.4, 0.5) is 8.78 Å². The first-order valence-electron chi connectivity index (χ1n) is 7.80. The SMILES string of the molecule is O=S(=O)([O-])C(F)(F)CC1CC2c3ccccc3C1c1ccccc12. The van der Waals surface area contributed by atoms with Crippen molar-refractivity contribution in [2.24, 2.45) is 5.92 Å². The van der Waals surface area contributed by atoms with E-state index in [9.17, 15) is 21.8 Å². The van der Waals surface area contributed by atoms with E-state index in [0.717, 1.165) is 22.3 Å². The zero-order valence-electron chi connectivity index (χ0n) is 12.7. The van der Waals surface area contributed by atoms with E-state index < -0.39 is 27.7 Å². The fourth-order valence-electron chi connectivity index (χ4n) is 4.37. The Morgan fingerprint density at radius 1 is 0.958 bits per heavy atom. The molecular formula is C18H15F2O3S-. The van der Waals surface area contributed by atoms with Crippen LogP contribution in [0.5, 0.6) is 0 Å². The number of rotatable bonds is 3. The Bertz CT molecular complexity index is 860. The molecule has 0 amide bonds. The lowest BCUT2D eigenvalue weighted by Gasteiger charge is -2.46. The van der Waals surface area contributed by atoms with Gasteiger partial charge in [0.2, 0.25) is 0 Å². The first-order valence-corrected chi connectivity index (χ1v) is 9.21. The van der Waals surface area contributed by atoms with Gasteiger partial charge in [-0.3, -0.25) is 0 Å². The molecule has 0 heterocycles. The Balaban J connectivity index is 1.82. The standard InChI is InChI=1S/C18H16F2O3S/c19-18(20,24(21,22)23)10-11-9-16-12-5-1-3-7-14(12)17(11)15-8-4-2-6-13(15)16/h1-8,11,16-17H,9-10H2,(H,21,22,23)/p-1. The molecule has 24 heavy (non-hydrogen) atoms. The van der Waals surface area contributed by atoms with Gasteiger partial charge in [-0.2, -0.15) is 8.78 Å². The minimum Gasteiger partial charge on any atom is -0.743 e. The maximum Gasteiger partial charge on any atom is 0.334 e. The van der Waals surface area contributed by atoms with E-state index in [1.54, 1.807) is 0 Å². The van der Waals surface area contributed by atoms with E-state index in [2.05, 4.69) is 0 Å². The number of hydrogen-bond donors (Lipinski definition) is 0. The van der Waals surface area contributed by atoms with Crippen LogP contribution in [0.3, 0.4) is 0 Å². The fraction of sp³-hybridized carbons (Fsp3) is 0.333. The molecule has 0 fully saturated rings. The summed E-state index contributed by atoms with van der Waals surface area (Å²) in [6, 6.07) is 15.4. The van der Waals surface area contributed by atoms with Crippen LogP contribution in [0.25, 0.3) is 0 Å². The molecule has 126 valence electrons. The number of fused-ring (bicyclic) bond motifs is 1. The molecule has 1 unspecified atom stereocenters. The van der Waals surface area contributed by atoms with Gasteiger partial charge >= 0.3 is 5.25 Å². The first kappa shape index (κ1) is 15.7. The van der Waals surface area contributed by atoms with Crippen LogP contribution in [0.2, 0.25) is 0 Å². The summed E-state index contributed by atoms with van der Waals surface area (Å²) in [7, 11) is -5.66. The van der Waals surface area contributed by atoms with Crippen molar-refractivity contribution in [1.29, 1.82) is 0 Å². The summed E-state index contributed by atoms with van der Waals surface area (Å²) in [5.41, 5.74) is 4.17. The summed E-state index contributed by atoms with van der Waals surface area (Å²) in [5.74, 6) is -0.897. The molecule has 0 aromatic heterocycles. The predicted molar refractivity (Wildman–Crippen MR) is 83.9 cm³/mol. The summed E-state index contributed by atoms with van der Waals surface area (Å²) < 4.78 is 60.5. The van der Waals surface area contributed by atoms with Crippen molar-refractivity contribution in [2.45, 2.75) is 29.9 Å². The molecule has 0 N–H and O–H groups in total. The van der Waals surface area contributed by atoms with E-state index in [-0.39, 0.29) is 11.8 Å². The average Bonchev–Trinajstić information content (AvgIpc) is 2.54. The molecule has 0 aliphatic heterocycles. The highest BCUT2D eigenvalue weighted by atomic mass is 32.2. The lowest BCUT2D eigenvalue weighted by Crippen LogP contribution is -2.38. The first-order chi connectivity index (χ1) is 11.3. The molecule has 0 radical (unpaired) electrons. The van der Waals surface area contributed by atoms with Gasteiger partial charge in [-0.05, 0) is 34.6 Å². The van der Waals surface area contributed by atoms with Crippen molar-refractivity contribution < 1.29 is 21.8 Å². The zero-order valence-corrected chi connectivity index (χ0v) is 13.5. The number of benzene rings is 2. The lowest BCUT2D eigenvalue weighted by atomic mass is 9.58. The smallest absolute Gasteiger partial charge is 0.334 e. The Kier molecular flexibility index (Phi) is 3.34. The van der Waals surface area contributed by atoms with Crippen LogP contribution < -0.4 is 0 Å². The van der Waals surface area contributed by atoms with Crippen molar-refractivity contribution in [1.82, 2.24) is 0 Å². The lowest BCUT2D eigenvalue weighted by molar-refractivity contribution is 0.0435. The second kappa shape index (κ2) is 5.10. The normalized spacial score (nSPS) is 25.2. The molecule has 0 saturated carbocycles. The molecule has 2 aromatic carbocycles. The van der Waals surface area contributed by atoms with Gasteiger partial charge in [-0.25, -0.2) is 8.42 Å². The minimum atomic E-state index is -5.66. The van der Waals surface area contributed by atoms with Crippen molar-refractivity contribution in [2.75, 3.05) is 0 Å². The quantitative estimate of drug-likeness (QED) is 0.792. The van der Waals surface area contributed by atoms with Crippen molar-refractivity contribution in [3.05, 3.63) is 70.8 Å². The topological polar surface area (TPSA) is 57.2 Å². The Hall–Kier alpha value is -1.79. The molecule has 3 aliphatic rings. The largest absolute Gasteiger partial charge is 0.743 e. The fourth-order valence-corrected chi connectivity index (χ4v) is 4.79. The van der Waals surface area contributed by atoms with E-state index in [1.807, 2.05) is 48.5 Å². The molecule has 2 bridgehead atoms. The summed E-state index contributed by atoms with van der Waals surface area (Å²) in [4.78, 5) is 0. The molecule has 5 rings (SSSR count). The predicted octanol–water partition coefficient (Wildman–Crippen LogP) is 3.81. The van der Waals surface area contributed by atoms with Crippen LogP contribution in [-0.4, -0.2) is 18.2 Å². The van der Waals surface area contributed by atoms with E-state index >= 15 is 0 Å². The molecule has 3 aliphatic carbocycles. The highest BCUT2D eigenvalue weighted by Crippen LogP contribution is 2.57. The summed E-state index contributed by atoms with van der Waals surface area (Å²) >= 11 is 0. The van der Waals surface area contributed by atoms with Gasteiger partial charge in [0, 0.05) is 18.3 Å². The van der Waals surface area contributed by atoms with Gasteiger partial charge in [-0.15, -0.1) is 0 Å². The van der Waals surface area contributed by atoms with E-state index in [4.69, 9.17) is 0 Å². The third-order valence-electron chi connectivity index (χ3n) is 5.29. The maximum absolute atomic E-state index is 13.9. The van der Waals surface area contributed by atoms with E-state index in [0.29, 0.717) is 6.42 Å². The van der Waals surface area contributed by atoms with Crippen LogP contribution in [-0.2, 0) is 10.1 Å². The second-order valence-corrected chi connectivity index (χ2v) is 8.08. The molecular weight excluding hydrogens is 334 g/mol. The van der Waals surface area contributed by atoms with Gasteiger partial charge in [0.15, 0.2) is 10.1 Å². The highest BCUT2D eigenvalue weighted by molar-refractivity contribution is 7.86. The molecule has 0 saturated heterocycles. The van der Waals surface area contributed by atoms with Crippen LogP contribution in [0.1, 0.15) is 46.9 Å². The number of halogens is 2. The zero-order chi connectivity index (χ0) is 17.1. The van der Waals surface area contributed by atoms with Gasteiger partial charge < -0.3 is 4.55 Å². The molecule has 1 atom stereocenters.